The summed E-state index contributed by atoms with van der Waals surface area (Å²) in [5, 5.41) is 0. The molecule has 2 fully saturated rings. The molecule has 2 aliphatic heterocycles. The molecular formula is C18H25N3O4. The predicted octanol–water partition coefficient (Wildman–Crippen LogP) is 1.33. The molecule has 3 heterocycles. The maximum absolute atomic E-state index is 12.7. The molecule has 3 rings (SSSR count). The van der Waals surface area contributed by atoms with Gasteiger partial charge in [-0.3, -0.25) is 9.59 Å². The van der Waals surface area contributed by atoms with E-state index in [4.69, 9.17) is 9.47 Å². The zero-order chi connectivity index (χ0) is 17.6. The first-order valence-corrected chi connectivity index (χ1v) is 8.93. The minimum absolute atomic E-state index is 0.0741. The van der Waals surface area contributed by atoms with Gasteiger partial charge in [0.05, 0.1) is 31.3 Å². The lowest BCUT2D eigenvalue weighted by molar-refractivity contribution is -0.149. The van der Waals surface area contributed by atoms with Crippen LogP contribution in [0.2, 0.25) is 0 Å². The molecule has 1 unspecified atom stereocenters. The number of piperidine rings is 1. The van der Waals surface area contributed by atoms with Crippen molar-refractivity contribution in [2.24, 2.45) is 5.92 Å². The van der Waals surface area contributed by atoms with Crippen LogP contribution in [0.1, 0.15) is 30.1 Å². The summed E-state index contributed by atoms with van der Waals surface area (Å²) < 4.78 is 10.4. The monoisotopic (exact) mass is 347 g/mol. The summed E-state index contributed by atoms with van der Waals surface area (Å²) in [5.74, 6) is 0.358. The number of amides is 1. The van der Waals surface area contributed by atoms with E-state index >= 15 is 0 Å². The molecule has 2 aliphatic rings. The molecule has 0 saturated carbocycles. The Morgan fingerprint density at radius 1 is 1.28 bits per heavy atom. The van der Waals surface area contributed by atoms with E-state index in [1.165, 1.54) is 0 Å². The van der Waals surface area contributed by atoms with E-state index in [2.05, 4.69) is 9.88 Å². The summed E-state index contributed by atoms with van der Waals surface area (Å²) in [6.07, 6.45) is 3.21. The lowest BCUT2D eigenvalue weighted by atomic mass is 9.97. The Morgan fingerprint density at radius 3 is 2.76 bits per heavy atom. The average Bonchev–Trinajstić information content (AvgIpc) is 2.68. The maximum atomic E-state index is 12.7. The minimum Gasteiger partial charge on any atom is -0.466 e. The smallest absolute Gasteiger partial charge is 0.310 e. The van der Waals surface area contributed by atoms with Gasteiger partial charge in [0.2, 0.25) is 0 Å². The largest absolute Gasteiger partial charge is 0.466 e. The summed E-state index contributed by atoms with van der Waals surface area (Å²) in [6, 6.07) is 3.69. The van der Waals surface area contributed by atoms with Crippen molar-refractivity contribution in [3.05, 3.63) is 23.9 Å². The van der Waals surface area contributed by atoms with Gasteiger partial charge in [-0.2, -0.15) is 0 Å². The van der Waals surface area contributed by atoms with Gasteiger partial charge in [0.25, 0.3) is 5.91 Å². The number of esters is 1. The Balaban J connectivity index is 1.62. The highest BCUT2D eigenvalue weighted by molar-refractivity contribution is 5.94. The number of aromatic nitrogens is 1. The summed E-state index contributed by atoms with van der Waals surface area (Å²) >= 11 is 0. The highest BCUT2D eigenvalue weighted by Crippen LogP contribution is 2.21. The number of carbonyl (C=O) groups is 2. The van der Waals surface area contributed by atoms with Crippen LogP contribution in [0.3, 0.4) is 0 Å². The minimum atomic E-state index is -0.224. The van der Waals surface area contributed by atoms with Crippen molar-refractivity contribution >= 4 is 17.7 Å². The Bertz CT molecular complexity index is 599. The van der Waals surface area contributed by atoms with Crippen LogP contribution in [0.5, 0.6) is 0 Å². The van der Waals surface area contributed by atoms with Crippen molar-refractivity contribution in [1.82, 2.24) is 9.88 Å². The summed E-state index contributed by atoms with van der Waals surface area (Å²) in [6.45, 7) is 6.28. The number of likely N-dealkylation sites (tertiary alicyclic amines) is 1. The van der Waals surface area contributed by atoms with E-state index in [1.54, 1.807) is 18.0 Å². The van der Waals surface area contributed by atoms with Crippen molar-refractivity contribution in [3.63, 3.8) is 0 Å². The van der Waals surface area contributed by atoms with E-state index in [0.29, 0.717) is 38.5 Å². The van der Waals surface area contributed by atoms with E-state index < -0.39 is 0 Å². The fraction of sp³-hybridized carbons (Fsp3) is 0.611. The highest BCUT2D eigenvalue weighted by atomic mass is 16.5. The Hall–Kier alpha value is -2.15. The van der Waals surface area contributed by atoms with Crippen LogP contribution in [0, 0.1) is 5.92 Å². The molecule has 0 aliphatic carbocycles. The zero-order valence-electron chi connectivity index (χ0n) is 14.6. The zero-order valence-corrected chi connectivity index (χ0v) is 14.6. The van der Waals surface area contributed by atoms with Crippen molar-refractivity contribution in [3.8, 4) is 0 Å². The quantitative estimate of drug-likeness (QED) is 0.765. The number of morpholine rings is 1. The van der Waals surface area contributed by atoms with Crippen molar-refractivity contribution in [2.45, 2.75) is 19.8 Å². The van der Waals surface area contributed by atoms with Crippen molar-refractivity contribution < 1.29 is 19.1 Å². The molecule has 0 N–H and O–H groups in total. The lowest BCUT2D eigenvalue weighted by Crippen LogP contribution is -2.43. The second kappa shape index (κ2) is 8.29. The molecule has 0 spiro atoms. The van der Waals surface area contributed by atoms with Gasteiger partial charge in [0.15, 0.2) is 0 Å². The van der Waals surface area contributed by atoms with Crippen LogP contribution in [0.4, 0.5) is 5.82 Å². The topological polar surface area (TPSA) is 72.0 Å². The van der Waals surface area contributed by atoms with E-state index in [9.17, 15) is 9.59 Å². The van der Waals surface area contributed by atoms with Gasteiger partial charge in [-0.15, -0.1) is 0 Å². The normalized spacial score (nSPS) is 21.1. The molecule has 25 heavy (non-hydrogen) atoms. The summed E-state index contributed by atoms with van der Waals surface area (Å²) in [5.41, 5.74) is 0.557. The molecular weight excluding hydrogens is 322 g/mol. The third kappa shape index (κ3) is 4.28. The van der Waals surface area contributed by atoms with Gasteiger partial charge in [0.1, 0.15) is 5.82 Å². The SMILES string of the molecule is CCOC(=O)C1CCCN(C(=O)c2ccc(N3CCOCC3)nc2)C1. The number of hydrogen-bond donors (Lipinski definition) is 0. The number of hydrogen-bond acceptors (Lipinski definition) is 6. The van der Waals surface area contributed by atoms with Crippen LogP contribution in [0.25, 0.3) is 0 Å². The maximum Gasteiger partial charge on any atom is 0.310 e. The fourth-order valence-corrected chi connectivity index (χ4v) is 3.29. The lowest BCUT2D eigenvalue weighted by Gasteiger charge is -2.31. The van der Waals surface area contributed by atoms with E-state index in [1.807, 2.05) is 12.1 Å². The van der Waals surface area contributed by atoms with Crippen molar-refractivity contribution in [2.75, 3.05) is 50.9 Å². The van der Waals surface area contributed by atoms with E-state index in [0.717, 1.165) is 31.7 Å². The number of rotatable bonds is 4. The number of carbonyl (C=O) groups excluding carboxylic acids is 2. The number of anilines is 1. The van der Waals surface area contributed by atoms with Crippen molar-refractivity contribution in [1.29, 1.82) is 0 Å². The molecule has 1 amide bonds. The van der Waals surface area contributed by atoms with Gasteiger partial charge in [-0.1, -0.05) is 0 Å². The van der Waals surface area contributed by atoms with Crippen LogP contribution in [-0.4, -0.2) is 67.8 Å². The van der Waals surface area contributed by atoms with Gasteiger partial charge in [-0.25, -0.2) is 4.98 Å². The molecule has 1 aromatic rings. The Labute approximate surface area is 147 Å². The Kier molecular flexibility index (Phi) is 5.86. The van der Waals surface area contributed by atoms with Crippen LogP contribution < -0.4 is 4.90 Å². The molecule has 0 radical (unpaired) electrons. The van der Waals surface area contributed by atoms with Gasteiger partial charge >= 0.3 is 5.97 Å². The molecule has 0 aromatic carbocycles. The molecule has 7 heteroatoms. The third-order valence-corrected chi connectivity index (χ3v) is 4.66. The van der Waals surface area contributed by atoms with Gasteiger partial charge in [0, 0.05) is 32.4 Å². The third-order valence-electron chi connectivity index (χ3n) is 4.66. The van der Waals surface area contributed by atoms with Gasteiger partial charge in [-0.05, 0) is 31.9 Å². The Morgan fingerprint density at radius 2 is 2.08 bits per heavy atom. The van der Waals surface area contributed by atoms with Gasteiger partial charge < -0.3 is 19.3 Å². The molecule has 7 nitrogen and oxygen atoms in total. The van der Waals surface area contributed by atoms with Crippen LogP contribution in [-0.2, 0) is 14.3 Å². The number of pyridine rings is 1. The second-order valence-corrected chi connectivity index (χ2v) is 6.35. The second-order valence-electron chi connectivity index (χ2n) is 6.35. The summed E-state index contributed by atoms with van der Waals surface area (Å²) in [7, 11) is 0. The summed E-state index contributed by atoms with van der Waals surface area (Å²) in [4.78, 5) is 33.0. The van der Waals surface area contributed by atoms with E-state index in [-0.39, 0.29) is 17.8 Å². The number of nitrogens with zero attached hydrogens (tertiary/aromatic N) is 3. The first kappa shape index (κ1) is 17.7. The molecule has 136 valence electrons. The van der Waals surface area contributed by atoms with Crippen LogP contribution in [0.15, 0.2) is 18.3 Å². The van der Waals surface area contributed by atoms with Crippen LogP contribution >= 0.6 is 0 Å². The first-order chi connectivity index (χ1) is 12.2. The molecule has 2 saturated heterocycles. The highest BCUT2D eigenvalue weighted by Gasteiger charge is 2.30. The standard InChI is InChI=1S/C18H25N3O4/c1-2-25-18(23)15-4-3-7-21(13-15)17(22)14-5-6-16(19-12-14)20-8-10-24-11-9-20/h5-6,12,15H,2-4,7-11,13H2,1H3. The predicted molar refractivity (Wildman–Crippen MR) is 92.5 cm³/mol. The fourth-order valence-electron chi connectivity index (χ4n) is 3.29. The molecule has 1 aromatic heterocycles. The number of ether oxygens (including phenoxy) is 2. The molecule has 1 atom stereocenters. The molecule has 0 bridgehead atoms. The first-order valence-electron chi connectivity index (χ1n) is 8.93. The average molecular weight is 347 g/mol.